The predicted octanol–water partition coefficient (Wildman–Crippen LogP) is 4.62. The summed E-state index contributed by atoms with van der Waals surface area (Å²) in [6.07, 6.45) is 7.82. The number of aliphatic imine (C=N–C) groups is 1. The summed E-state index contributed by atoms with van der Waals surface area (Å²) in [5.41, 5.74) is 14.5. The third-order valence-corrected chi connectivity index (χ3v) is 6.66. The van der Waals surface area contributed by atoms with Crippen molar-refractivity contribution in [2.75, 3.05) is 32.9 Å². The van der Waals surface area contributed by atoms with Crippen molar-refractivity contribution in [1.82, 2.24) is 10.2 Å². The summed E-state index contributed by atoms with van der Waals surface area (Å²) in [5, 5.41) is 3.44. The number of rotatable bonds is 9. The first-order valence-corrected chi connectivity index (χ1v) is 12.6. The monoisotopic (exact) mass is 484 g/mol. The second-order valence-electron chi connectivity index (χ2n) is 9.29. The minimum atomic E-state index is 0.0375. The van der Waals surface area contributed by atoms with Gasteiger partial charge in [0.25, 0.3) is 5.91 Å². The molecule has 0 fully saturated rings. The number of nitrogens with zero attached hydrogens (tertiary/aromatic N) is 2. The van der Waals surface area contributed by atoms with Gasteiger partial charge in [0.05, 0.1) is 6.61 Å². The van der Waals surface area contributed by atoms with Crippen molar-refractivity contribution in [3.63, 3.8) is 0 Å². The third-order valence-electron chi connectivity index (χ3n) is 6.66. The van der Waals surface area contributed by atoms with Crippen LogP contribution in [0.4, 0.5) is 0 Å². The van der Waals surface area contributed by atoms with E-state index in [2.05, 4.69) is 48.7 Å². The second kappa shape index (κ2) is 12.5. The fourth-order valence-electron chi connectivity index (χ4n) is 4.50. The lowest BCUT2D eigenvalue weighted by Gasteiger charge is -2.20. The number of ether oxygens (including phenoxy) is 1. The largest absolute Gasteiger partial charge is 0.404 e. The number of hydrogen-bond donors (Lipinski definition) is 2. The summed E-state index contributed by atoms with van der Waals surface area (Å²) in [6.45, 7) is 7.91. The Morgan fingerprint density at radius 3 is 2.69 bits per heavy atom. The topological polar surface area (TPSA) is 79.9 Å². The van der Waals surface area contributed by atoms with Crippen LogP contribution in [-0.2, 0) is 11.3 Å². The maximum Gasteiger partial charge on any atom is 0.256 e. The van der Waals surface area contributed by atoms with Gasteiger partial charge in [0.1, 0.15) is 6.73 Å². The number of nitrogens with one attached hydrogen (secondary N) is 1. The standard InChI is InChI=1S/C30H36N4O2/c1-22-8-3-5-10-28(22)26-16-25(23(2)19-31)17-27(18-26)33-13-7-12-32-14-15-34-21-36-20-24-9-4-6-11-29(24)30(34)35/h3-6,8-11,16,18-19,32H,7,12-15,17,20-21,31H2,1-2H3/b23-19-,33-27?. The lowest BCUT2D eigenvalue weighted by molar-refractivity contribution is 0.0247. The van der Waals surface area contributed by atoms with Crippen LogP contribution in [0.15, 0.2) is 83.0 Å². The van der Waals surface area contributed by atoms with Gasteiger partial charge in [0, 0.05) is 37.3 Å². The molecule has 6 nitrogen and oxygen atoms in total. The minimum absolute atomic E-state index is 0.0375. The number of aryl methyl sites for hydroxylation is 1. The summed E-state index contributed by atoms with van der Waals surface area (Å²) in [6, 6.07) is 16.1. The Morgan fingerprint density at radius 2 is 1.89 bits per heavy atom. The van der Waals surface area contributed by atoms with E-state index in [4.69, 9.17) is 15.5 Å². The van der Waals surface area contributed by atoms with E-state index in [9.17, 15) is 4.79 Å². The van der Waals surface area contributed by atoms with Crippen LogP contribution in [0.1, 0.15) is 46.8 Å². The summed E-state index contributed by atoms with van der Waals surface area (Å²) in [5.74, 6) is 0.0375. The highest BCUT2D eigenvalue weighted by Gasteiger charge is 2.21. The highest BCUT2D eigenvalue weighted by Crippen LogP contribution is 2.29. The van der Waals surface area contributed by atoms with Gasteiger partial charge in [-0.25, -0.2) is 0 Å². The molecule has 0 saturated carbocycles. The first-order chi connectivity index (χ1) is 17.6. The number of carbonyl (C=O) groups excluding carboxylic acids is 1. The Balaban J connectivity index is 1.28. The van der Waals surface area contributed by atoms with Crippen molar-refractivity contribution in [2.45, 2.75) is 33.3 Å². The quantitative estimate of drug-likeness (QED) is 0.509. The van der Waals surface area contributed by atoms with Gasteiger partial charge in [-0.2, -0.15) is 0 Å². The average molecular weight is 485 g/mol. The fourth-order valence-corrected chi connectivity index (χ4v) is 4.50. The molecule has 3 N–H and O–H groups in total. The van der Waals surface area contributed by atoms with Crippen molar-refractivity contribution in [3.05, 3.63) is 100 Å². The van der Waals surface area contributed by atoms with Crippen molar-refractivity contribution in [1.29, 1.82) is 0 Å². The molecule has 2 aliphatic rings. The summed E-state index contributed by atoms with van der Waals surface area (Å²) < 4.78 is 5.69. The van der Waals surface area contributed by atoms with Crippen molar-refractivity contribution in [3.8, 4) is 0 Å². The Labute approximate surface area is 214 Å². The van der Waals surface area contributed by atoms with Crippen LogP contribution in [0.3, 0.4) is 0 Å². The maximum atomic E-state index is 12.8. The van der Waals surface area contributed by atoms with E-state index >= 15 is 0 Å². The van der Waals surface area contributed by atoms with E-state index in [1.54, 1.807) is 11.1 Å². The van der Waals surface area contributed by atoms with Crippen molar-refractivity contribution in [2.24, 2.45) is 10.7 Å². The number of hydrogen-bond acceptors (Lipinski definition) is 5. The summed E-state index contributed by atoms with van der Waals surface area (Å²) in [7, 11) is 0. The molecular weight excluding hydrogens is 448 g/mol. The van der Waals surface area contributed by atoms with Crippen LogP contribution in [0.5, 0.6) is 0 Å². The molecule has 0 aromatic heterocycles. The van der Waals surface area contributed by atoms with Gasteiger partial charge in [0.2, 0.25) is 0 Å². The number of allylic oxidation sites excluding steroid dienone is 5. The number of fused-ring (bicyclic) bond motifs is 1. The molecule has 0 bridgehead atoms. The smallest absolute Gasteiger partial charge is 0.256 e. The van der Waals surface area contributed by atoms with E-state index in [0.717, 1.165) is 54.9 Å². The lowest BCUT2D eigenvalue weighted by atomic mass is 9.88. The van der Waals surface area contributed by atoms with Gasteiger partial charge < -0.3 is 20.7 Å². The van der Waals surface area contributed by atoms with Crippen molar-refractivity contribution < 1.29 is 9.53 Å². The van der Waals surface area contributed by atoms with E-state index in [1.165, 1.54) is 22.3 Å². The van der Waals surface area contributed by atoms with E-state index < -0.39 is 0 Å². The number of nitrogens with two attached hydrogens (primary N) is 1. The Kier molecular flexibility index (Phi) is 8.87. The van der Waals surface area contributed by atoms with Gasteiger partial charge in [-0.15, -0.1) is 0 Å². The Bertz CT molecular complexity index is 1210. The Hall–Kier alpha value is -3.48. The lowest BCUT2D eigenvalue weighted by Crippen LogP contribution is -2.37. The zero-order valence-electron chi connectivity index (χ0n) is 21.3. The van der Waals surface area contributed by atoms with Crippen LogP contribution in [0.25, 0.3) is 5.57 Å². The average Bonchev–Trinajstić information content (AvgIpc) is 3.06. The zero-order chi connectivity index (χ0) is 25.3. The van der Waals surface area contributed by atoms with Gasteiger partial charge in [-0.1, -0.05) is 48.5 Å². The van der Waals surface area contributed by atoms with Gasteiger partial charge in [-0.3, -0.25) is 9.79 Å². The molecule has 188 valence electrons. The van der Waals surface area contributed by atoms with Crippen LogP contribution >= 0.6 is 0 Å². The molecule has 1 aliphatic heterocycles. The highest BCUT2D eigenvalue weighted by atomic mass is 16.5. The number of benzene rings is 2. The van der Waals surface area contributed by atoms with Crippen LogP contribution < -0.4 is 11.1 Å². The first kappa shape index (κ1) is 25.6. The molecule has 2 aromatic rings. The molecule has 0 saturated heterocycles. The molecule has 36 heavy (non-hydrogen) atoms. The first-order valence-electron chi connectivity index (χ1n) is 12.6. The van der Waals surface area contributed by atoms with Crippen LogP contribution in [0, 0.1) is 6.92 Å². The number of amides is 1. The molecule has 4 rings (SSSR count). The predicted molar refractivity (Wildman–Crippen MR) is 147 cm³/mol. The molecule has 0 unspecified atom stereocenters. The molecule has 1 aliphatic carbocycles. The van der Waals surface area contributed by atoms with Gasteiger partial charge >= 0.3 is 0 Å². The third kappa shape index (κ3) is 6.39. The van der Waals surface area contributed by atoms with E-state index in [0.29, 0.717) is 19.9 Å². The summed E-state index contributed by atoms with van der Waals surface area (Å²) >= 11 is 0. The number of carbonyl (C=O) groups is 1. The molecule has 1 amide bonds. The Morgan fingerprint density at radius 1 is 1.11 bits per heavy atom. The summed E-state index contributed by atoms with van der Waals surface area (Å²) in [4.78, 5) is 19.5. The molecule has 6 heteroatoms. The SMILES string of the molecule is C/C(=C/N)C1=CC(c2ccccc2C)=CC(=NCCCNCCN2COCc3ccccc3C2=O)C1. The zero-order valence-corrected chi connectivity index (χ0v) is 21.3. The molecule has 1 heterocycles. The molecular formula is C30H36N4O2. The maximum absolute atomic E-state index is 12.8. The fraction of sp³-hybridized carbons (Fsp3) is 0.333. The van der Waals surface area contributed by atoms with E-state index in [-0.39, 0.29) is 5.91 Å². The minimum Gasteiger partial charge on any atom is -0.404 e. The normalized spacial score (nSPS) is 17.5. The van der Waals surface area contributed by atoms with E-state index in [1.807, 2.05) is 31.2 Å². The molecule has 2 aromatic carbocycles. The van der Waals surface area contributed by atoms with Gasteiger partial charge in [-0.05, 0) is 78.6 Å². The van der Waals surface area contributed by atoms with Crippen molar-refractivity contribution >= 4 is 17.2 Å². The molecule has 0 spiro atoms. The van der Waals surface area contributed by atoms with Gasteiger partial charge in [0.15, 0.2) is 0 Å². The molecule has 0 atom stereocenters. The second-order valence-corrected chi connectivity index (χ2v) is 9.29. The molecule has 0 radical (unpaired) electrons. The van der Waals surface area contributed by atoms with Crippen LogP contribution in [0.2, 0.25) is 0 Å². The highest BCUT2D eigenvalue weighted by molar-refractivity contribution is 6.07. The van der Waals surface area contributed by atoms with Crippen LogP contribution in [-0.4, -0.2) is 49.4 Å².